The molecule has 2 aromatic carbocycles. The van der Waals surface area contributed by atoms with Crippen LogP contribution in [-0.4, -0.2) is 49.1 Å². The standard InChI is InChI=1S/C25H32N2O4/c1-4-30-21-12-10-20(11-13-21)15-25(29)27(16-22-8-6-14-31-22)17-24(28)26-23-9-5-7-18(2)19(23)3/h5,7,9-13,22H,4,6,8,14-17H2,1-3H3,(H,26,28). The minimum Gasteiger partial charge on any atom is -0.494 e. The Morgan fingerprint density at radius 1 is 1.16 bits per heavy atom. The summed E-state index contributed by atoms with van der Waals surface area (Å²) in [6.45, 7) is 7.66. The molecule has 1 saturated heterocycles. The molecule has 1 aliphatic heterocycles. The van der Waals surface area contributed by atoms with Crippen molar-refractivity contribution in [3.63, 3.8) is 0 Å². The highest BCUT2D eigenvalue weighted by Crippen LogP contribution is 2.19. The molecule has 0 spiro atoms. The van der Waals surface area contributed by atoms with Gasteiger partial charge in [-0.15, -0.1) is 0 Å². The van der Waals surface area contributed by atoms with Gasteiger partial charge in [0.1, 0.15) is 5.75 Å². The van der Waals surface area contributed by atoms with Crippen LogP contribution in [0.5, 0.6) is 5.75 Å². The summed E-state index contributed by atoms with van der Waals surface area (Å²) in [6.07, 6.45) is 2.11. The molecule has 2 aromatic rings. The maximum absolute atomic E-state index is 13.1. The molecular formula is C25H32N2O4. The number of aryl methyl sites for hydroxylation is 1. The first-order valence-corrected chi connectivity index (χ1v) is 10.9. The average Bonchev–Trinajstić information content (AvgIpc) is 3.26. The fourth-order valence-corrected chi connectivity index (χ4v) is 3.69. The summed E-state index contributed by atoms with van der Waals surface area (Å²) in [5, 5.41) is 2.96. The van der Waals surface area contributed by atoms with Gasteiger partial charge in [-0.25, -0.2) is 0 Å². The molecule has 0 saturated carbocycles. The van der Waals surface area contributed by atoms with Gasteiger partial charge in [-0.1, -0.05) is 24.3 Å². The van der Waals surface area contributed by atoms with Gasteiger partial charge in [0.25, 0.3) is 0 Å². The Labute approximate surface area is 184 Å². The lowest BCUT2D eigenvalue weighted by Gasteiger charge is -2.25. The molecule has 1 N–H and O–H groups in total. The highest BCUT2D eigenvalue weighted by Gasteiger charge is 2.24. The molecule has 6 nitrogen and oxygen atoms in total. The quantitative estimate of drug-likeness (QED) is 0.663. The molecule has 0 bridgehead atoms. The van der Waals surface area contributed by atoms with E-state index in [9.17, 15) is 9.59 Å². The molecule has 31 heavy (non-hydrogen) atoms. The maximum atomic E-state index is 13.1. The summed E-state index contributed by atoms with van der Waals surface area (Å²) in [7, 11) is 0. The number of anilines is 1. The zero-order chi connectivity index (χ0) is 22.2. The van der Waals surface area contributed by atoms with E-state index in [1.807, 2.05) is 63.2 Å². The fraction of sp³-hybridized carbons (Fsp3) is 0.440. The van der Waals surface area contributed by atoms with E-state index in [0.717, 1.165) is 41.0 Å². The first-order valence-electron chi connectivity index (χ1n) is 10.9. The minimum atomic E-state index is -0.202. The third-order valence-electron chi connectivity index (χ3n) is 5.60. The molecule has 3 rings (SSSR count). The van der Waals surface area contributed by atoms with Crippen molar-refractivity contribution in [3.8, 4) is 5.75 Å². The lowest BCUT2D eigenvalue weighted by molar-refractivity contribution is -0.135. The number of amides is 2. The third kappa shape index (κ3) is 6.56. The Bertz CT molecular complexity index is 889. The summed E-state index contributed by atoms with van der Waals surface area (Å²) in [5.74, 6) is 0.491. The number of hydrogen-bond acceptors (Lipinski definition) is 4. The predicted molar refractivity (Wildman–Crippen MR) is 121 cm³/mol. The molecule has 1 fully saturated rings. The van der Waals surface area contributed by atoms with E-state index in [0.29, 0.717) is 19.8 Å². The number of hydrogen-bond donors (Lipinski definition) is 1. The molecule has 0 aromatic heterocycles. The van der Waals surface area contributed by atoms with Crippen LogP contribution in [0.1, 0.15) is 36.5 Å². The molecule has 1 aliphatic rings. The largest absolute Gasteiger partial charge is 0.494 e. The van der Waals surface area contributed by atoms with E-state index in [1.54, 1.807) is 4.90 Å². The van der Waals surface area contributed by atoms with Crippen LogP contribution in [0.4, 0.5) is 5.69 Å². The topological polar surface area (TPSA) is 67.9 Å². The van der Waals surface area contributed by atoms with Crippen molar-refractivity contribution in [1.82, 2.24) is 4.90 Å². The van der Waals surface area contributed by atoms with Crippen molar-refractivity contribution in [2.75, 3.05) is 31.6 Å². The molecule has 0 aliphatic carbocycles. The van der Waals surface area contributed by atoms with Crippen LogP contribution in [0.15, 0.2) is 42.5 Å². The monoisotopic (exact) mass is 424 g/mol. The third-order valence-corrected chi connectivity index (χ3v) is 5.60. The normalized spacial score (nSPS) is 15.5. The van der Waals surface area contributed by atoms with E-state index < -0.39 is 0 Å². The number of nitrogens with one attached hydrogen (secondary N) is 1. The van der Waals surface area contributed by atoms with Crippen LogP contribution in [0.25, 0.3) is 0 Å². The second-order valence-electron chi connectivity index (χ2n) is 7.96. The number of rotatable bonds is 9. The number of carbonyl (C=O) groups is 2. The molecule has 1 unspecified atom stereocenters. The number of benzene rings is 2. The van der Waals surface area contributed by atoms with Crippen LogP contribution in [0.2, 0.25) is 0 Å². The zero-order valence-corrected chi connectivity index (χ0v) is 18.6. The van der Waals surface area contributed by atoms with Crippen molar-refractivity contribution in [3.05, 3.63) is 59.2 Å². The summed E-state index contributed by atoms with van der Waals surface area (Å²) in [5.41, 5.74) is 3.81. The Morgan fingerprint density at radius 3 is 2.61 bits per heavy atom. The van der Waals surface area contributed by atoms with E-state index in [4.69, 9.17) is 9.47 Å². The number of nitrogens with zero attached hydrogens (tertiary/aromatic N) is 1. The second-order valence-corrected chi connectivity index (χ2v) is 7.96. The van der Waals surface area contributed by atoms with Gasteiger partial charge >= 0.3 is 0 Å². The SMILES string of the molecule is CCOc1ccc(CC(=O)N(CC(=O)Nc2cccc(C)c2C)CC2CCCO2)cc1. The van der Waals surface area contributed by atoms with Crippen molar-refractivity contribution in [1.29, 1.82) is 0 Å². The van der Waals surface area contributed by atoms with E-state index in [-0.39, 0.29) is 30.9 Å². The van der Waals surface area contributed by atoms with Gasteiger partial charge in [0.05, 0.1) is 25.7 Å². The number of carbonyl (C=O) groups excluding carboxylic acids is 2. The van der Waals surface area contributed by atoms with Crippen LogP contribution < -0.4 is 10.1 Å². The Kier molecular flexibility index (Phi) is 8.06. The van der Waals surface area contributed by atoms with Gasteiger partial charge in [0.15, 0.2) is 0 Å². The van der Waals surface area contributed by atoms with Gasteiger partial charge in [-0.2, -0.15) is 0 Å². The Balaban J connectivity index is 1.66. The zero-order valence-electron chi connectivity index (χ0n) is 18.6. The van der Waals surface area contributed by atoms with Crippen molar-refractivity contribution >= 4 is 17.5 Å². The maximum Gasteiger partial charge on any atom is 0.244 e. The Hall–Kier alpha value is -2.86. The molecule has 6 heteroatoms. The molecule has 2 amide bonds. The summed E-state index contributed by atoms with van der Waals surface area (Å²) in [6, 6.07) is 13.3. The first-order chi connectivity index (χ1) is 15.0. The highest BCUT2D eigenvalue weighted by molar-refractivity contribution is 5.95. The van der Waals surface area contributed by atoms with E-state index >= 15 is 0 Å². The Morgan fingerprint density at radius 2 is 1.94 bits per heavy atom. The van der Waals surface area contributed by atoms with Crippen LogP contribution in [-0.2, 0) is 20.7 Å². The van der Waals surface area contributed by atoms with E-state index in [2.05, 4.69) is 5.32 Å². The van der Waals surface area contributed by atoms with Gasteiger partial charge in [0, 0.05) is 18.8 Å². The van der Waals surface area contributed by atoms with Crippen molar-refractivity contribution in [2.24, 2.45) is 0 Å². The van der Waals surface area contributed by atoms with Crippen molar-refractivity contribution < 1.29 is 19.1 Å². The smallest absolute Gasteiger partial charge is 0.244 e. The van der Waals surface area contributed by atoms with Gasteiger partial charge in [-0.05, 0) is 68.5 Å². The lowest BCUT2D eigenvalue weighted by atomic mass is 10.1. The fourth-order valence-electron chi connectivity index (χ4n) is 3.69. The van der Waals surface area contributed by atoms with Crippen LogP contribution in [0.3, 0.4) is 0 Å². The number of ether oxygens (including phenoxy) is 2. The predicted octanol–water partition coefficient (Wildman–Crippen LogP) is 3.89. The molecule has 1 atom stereocenters. The lowest BCUT2D eigenvalue weighted by Crippen LogP contribution is -2.43. The summed E-state index contributed by atoms with van der Waals surface area (Å²) >= 11 is 0. The van der Waals surface area contributed by atoms with Gasteiger partial charge in [0.2, 0.25) is 11.8 Å². The summed E-state index contributed by atoms with van der Waals surface area (Å²) < 4.78 is 11.2. The van der Waals surface area contributed by atoms with Crippen molar-refractivity contribution in [2.45, 2.75) is 46.1 Å². The average molecular weight is 425 g/mol. The molecular weight excluding hydrogens is 392 g/mol. The van der Waals surface area contributed by atoms with Gasteiger partial charge < -0.3 is 19.7 Å². The van der Waals surface area contributed by atoms with Crippen LogP contribution >= 0.6 is 0 Å². The summed E-state index contributed by atoms with van der Waals surface area (Å²) in [4.78, 5) is 27.5. The van der Waals surface area contributed by atoms with Crippen LogP contribution in [0, 0.1) is 13.8 Å². The molecule has 0 radical (unpaired) electrons. The molecule has 1 heterocycles. The molecule has 166 valence electrons. The highest BCUT2D eigenvalue weighted by atomic mass is 16.5. The van der Waals surface area contributed by atoms with Gasteiger partial charge in [-0.3, -0.25) is 9.59 Å². The minimum absolute atomic E-state index is 0.00308. The van der Waals surface area contributed by atoms with E-state index in [1.165, 1.54) is 0 Å². The first kappa shape index (κ1) is 22.8. The second kappa shape index (κ2) is 11.0.